The van der Waals surface area contributed by atoms with Gasteiger partial charge in [0.25, 0.3) is 0 Å². The molecule has 1 heterocycles. The number of hydrogen-bond acceptors (Lipinski definition) is 3. The Hall–Kier alpha value is -1.07. The highest BCUT2D eigenvalue weighted by Gasteiger charge is 2.10. The highest BCUT2D eigenvalue weighted by molar-refractivity contribution is 6.30. The Balaban J connectivity index is 2.39. The molecule has 5 nitrogen and oxygen atoms in total. The molecule has 1 unspecified atom stereocenters. The van der Waals surface area contributed by atoms with Crippen LogP contribution in [-0.4, -0.2) is 26.9 Å². The van der Waals surface area contributed by atoms with E-state index in [1.165, 1.54) is 6.20 Å². The first kappa shape index (κ1) is 10.0. The van der Waals surface area contributed by atoms with Crippen molar-refractivity contribution in [1.29, 1.82) is 0 Å². The Morgan fingerprint density at radius 1 is 1.85 bits per heavy atom. The number of carboxylic acids is 1. The minimum absolute atomic E-state index is 0.341. The fraction of sp³-hybridized carbons (Fsp3) is 0.429. The second-order valence-corrected chi connectivity index (χ2v) is 3.09. The zero-order valence-corrected chi connectivity index (χ0v) is 7.61. The van der Waals surface area contributed by atoms with E-state index in [9.17, 15) is 4.79 Å². The SMILES string of the molecule is NC(CCn1cc(Cl)cn1)C(=O)O. The number of carboxylic acid groups (broad SMARTS) is 1. The van der Waals surface area contributed by atoms with Crippen molar-refractivity contribution < 1.29 is 9.90 Å². The topological polar surface area (TPSA) is 81.1 Å². The van der Waals surface area contributed by atoms with Crippen LogP contribution < -0.4 is 5.73 Å². The number of aryl methyl sites for hydroxylation is 1. The van der Waals surface area contributed by atoms with Crippen molar-refractivity contribution in [3.63, 3.8) is 0 Å². The quantitative estimate of drug-likeness (QED) is 0.740. The summed E-state index contributed by atoms with van der Waals surface area (Å²) >= 11 is 5.61. The van der Waals surface area contributed by atoms with Crippen molar-refractivity contribution in [1.82, 2.24) is 9.78 Å². The van der Waals surface area contributed by atoms with Gasteiger partial charge in [-0.15, -0.1) is 0 Å². The Bertz CT molecular complexity index is 300. The first-order chi connectivity index (χ1) is 6.09. The first-order valence-corrected chi connectivity index (χ1v) is 4.13. The molecular weight excluding hydrogens is 194 g/mol. The number of rotatable bonds is 4. The third kappa shape index (κ3) is 3.04. The van der Waals surface area contributed by atoms with E-state index < -0.39 is 12.0 Å². The normalized spacial score (nSPS) is 12.8. The van der Waals surface area contributed by atoms with Crippen LogP contribution in [0.5, 0.6) is 0 Å². The first-order valence-electron chi connectivity index (χ1n) is 3.76. The van der Waals surface area contributed by atoms with Crippen LogP contribution >= 0.6 is 11.6 Å². The van der Waals surface area contributed by atoms with Gasteiger partial charge in [-0.3, -0.25) is 9.48 Å². The molecule has 6 heteroatoms. The van der Waals surface area contributed by atoms with E-state index >= 15 is 0 Å². The molecule has 1 atom stereocenters. The average Bonchev–Trinajstić information content (AvgIpc) is 2.47. The lowest BCUT2D eigenvalue weighted by Gasteiger charge is -2.05. The molecule has 0 radical (unpaired) electrons. The standard InChI is InChI=1S/C7H10ClN3O2/c8-5-3-10-11(4-5)2-1-6(9)7(12)13/h3-4,6H,1-2,9H2,(H,12,13). The van der Waals surface area contributed by atoms with E-state index in [1.807, 2.05) is 0 Å². The van der Waals surface area contributed by atoms with Gasteiger partial charge < -0.3 is 10.8 Å². The van der Waals surface area contributed by atoms with E-state index in [0.29, 0.717) is 18.0 Å². The summed E-state index contributed by atoms with van der Waals surface area (Å²) in [6, 6.07) is -0.844. The van der Waals surface area contributed by atoms with Crippen LogP contribution in [0.25, 0.3) is 0 Å². The molecule has 0 spiro atoms. The van der Waals surface area contributed by atoms with Gasteiger partial charge >= 0.3 is 5.97 Å². The smallest absolute Gasteiger partial charge is 0.320 e. The summed E-state index contributed by atoms with van der Waals surface area (Å²) in [6.07, 6.45) is 3.46. The highest BCUT2D eigenvalue weighted by Crippen LogP contribution is 2.05. The summed E-state index contributed by atoms with van der Waals surface area (Å²) in [7, 11) is 0. The second-order valence-electron chi connectivity index (χ2n) is 2.66. The summed E-state index contributed by atoms with van der Waals surface area (Å²) in [5.41, 5.74) is 5.30. The van der Waals surface area contributed by atoms with Crippen molar-refractivity contribution in [3.8, 4) is 0 Å². The minimum atomic E-state index is -1.00. The Morgan fingerprint density at radius 3 is 3.00 bits per heavy atom. The molecular formula is C7H10ClN3O2. The van der Waals surface area contributed by atoms with Gasteiger partial charge in [-0.25, -0.2) is 0 Å². The number of nitrogens with two attached hydrogens (primary N) is 1. The average molecular weight is 204 g/mol. The van der Waals surface area contributed by atoms with Crippen molar-refractivity contribution in [3.05, 3.63) is 17.4 Å². The predicted molar refractivity (Wildman–Crippen MR) is 47.5 cm³/mol. The lowest BCUT2D eigenvalue weighted by molar-refractivity contribution is -0.138. The van der Waals surface area contributed by atoms with E-state index in [1.54, 1.807) is 10.9 Å². The van der Waals surface area contributed by atoms with Gasteiger partial charge in [-0.1, -0.05) is 11.6 Å². The Labute approximate surface area is 80.1 Å². The van der Waals surface area contributed by atoms with Gasteiger partial charge in [0.2, 0.25) is 0 Å². The molecule has 72 valence electrons. The molecule has 0 amide bonds. The van der Waals surface area contributed by atoms with Gasteiger partial charge in [0.15, 0.2) is 0 Å². The van der Waals surface area contributed by atoms with Crippen LogP contribution in [0, 0.1) is 0 Å². The molecule has 0 bridgehead atoms. The number of aromatic nitrogens is 2. The van der Waals surface area contributed by atoms with Gasteiger partial charge in [0, 0.05) is 12.7 Å². The van der Waals surface area contributed by atoms with Gasteiger partial charge in [0.05, 0.1) is 11.2 Å². The monoisotopic (exact) mass is 203 g/mol. The largest absolute Gasteiger partial charge is 0.480 e. The fourth-order valence-corrected chi connectivity index (χ4v) is 1.01. The molecule has 0 saturated carbocycles. The number of aliphatic carboxylic acids is 1. The van der Waals surface area contributed by atoms with Crippen LogP contribution in [0.1, 0.15) is 6.42 Å². The van der Waals surface area contributed by atoms with Crippen molar-refractivity contribution >= 4 is 17.6 Å². The van der Waals surface area contributed by atoms with Crippen LogP contribution in [0.3, 0.4) is 0 Å². The van der Waals surface area contributed by atoms with Crippen molar-refractivity contribution in [2.45, 2.75) is 19.0 Å². The number of nitrogens with zero attached hydrogens (tertiary/aromatic N) is 2. The maximum atomic E-state index is 10.3. The van der Waals surface area contributed by atoms with Crippen LogP contribution in [0.4, 0.5) is 0 Å². The third-order valence-electron chi connectivity index (χ3n) is 1.59. The molecule has 13 heavy (non-hydrogen) atoms. The van der Waals surface area contributed by atoms with Gasteiger partial charge in [0.1, 0.15) is 6.04 Å². The molecule has 0 aliphatic rings. The summed E-state index contributed by atoms with van der Waals surface area (Å²) in [5.74, 6) is -1.00. The third-order valence-corrected chi connectivity index (χ3v) is 1.78. The molecule has 0 aromatic carbocycles. The summed E-state index contributed by atoms with van der Waals surface area (Å²) in [5, 5.41) is 12.9. The number of carbonyl (C=O) groups is 1. The molecule has 0 fully saturated rings. The number of halogens is 1. The second kappa shape index (κ2) is 4.25. The molecule has 0 aliphatic heterocycles. The molecule has 3 N–H and O–H groups in total. The van der Waals surface area contributed by atoms with E-state index in [2.05, 4.69) is 5.10 Å². The molecule has 0 saturated heterocycles. The molecule has 1 aromatic heterocycles. The van der Waals surface area contributed by atoms with Gasteiger partial charge in [-0.2, -0.15) is 5.10 Å². The summed E-state index contributed by atoms with van der Waals surface area (Å²) < 4.78 is 1.56. The van der Waals surface area contributed by atoms with E-state index in [4.69, 9.17) is 22.4 Å². The lowest BCUT2D eigenvalue weighted by Crippen LogP contribution is -2.31. The van der Waals surface area contributed by atoms with Crippen molar-refractivity contribution in [2.24, 2.45) is 5.73 Å². The lowest BCUT2D eigenvalue weighted by atomic mass is 10.2. The molecule has 1 rings (SSSR count). The van der Waals surface area contributed by atoms with Crippen molar-refractivity contribution in [2.75, 3.05) is 0 Å². The molecule has 0 aliphatic carbocycles. The Morgan fingerprint density at radius 2 is 2.54 bits per heavy atom. The van der Waals surface area contributed by atoms with Gasteiger partial charge in [-0.05, 0) is 6.42 Å². The predicted octanol–water partition coefficient (Wildman–Crippen LogP) is 0.338. The minimum Gasteiger partial charge on any atom is -0.480 e. The maximum absolute atomic E-state index is 10.3. The number of hydrogen-bond donors (Lipinski definition) is 2. The van der Waals surface area contributed by atoms with E-state index in [-0.39, 0.29) is 0 Å². The maximum Gasteiger partial charge on any atom is 0.320 e. The summed E-state index contributed by atoms with van der Waals surface area (Å²) in [6.45, 7) is 0.459. The van der Waals surface area contributed by atoms with E-state index in [0.717, 1.165) is 0 Å². The zero-order valence-electron chi connectivity index (χ0n) is 6.85. The highest BCUT2D eigenvalue weighted by atomic mass is 35.5. The van der Waals surface area contributed by atoms with Crippen LogP contribution in [0.2, 0.25) is 5.02 Å². The fourth-order valence-electron chi connectivity index (χ4n) is 0.855. The van der Waals surface area contributed by atoms with Crippen LogP contribution in [-0.2, 0) is 11.3 Å². The molecule has 1 aromatic rings. The summed E-state index contributed by atoms with van der Waals surface area (Å²) in [4.78, 5) is 10.3. The Kier molecular flexibility index (Phi) is 3.27. The zero-order chi connectivity index (χ0) is 9.84. The van der Waals surface area contributed by atoms with Crippen LogP contribution in [0.15, 0.2) is 12.4 Å².